The predicted molar refractivity (Wildman–Crippen MR) is 114 cm³/mol. The highest BCUT2D eigenvalue weighted by Crippen LogP contribution is 2.21. The molecule has 0 aliphatic carbocycles. The molecule has 144 valence electrons. The molecule has 0 saturated carbocycles. The standard InChI is InChI=1S/C21H17Cl2NO3S/c22-12-11-18(20(25)14-3-5-15(23)6-4-14)27-17-9-7-16(8-10-17)24-21(26)19-2-1-13-28-19/h1-10,13,18H,11-12H2,(H,24,26). The van der Waals surface area contributed by atoms with E-state index >= 15 is 0 Å². The summed E-state index contributed by atoms with van der Waals surface area (Å²) in [4.78, 5) is 25.4. The van der Waals surface area contributed by atoms with Gasteiger partial charge in [-0.15, -0.1) is 22.9 Å². The molecule has 0 radical (unpaired) electrons. The molecule has 0 bridgehead atoms. The molecule has 1 unspecified atom stereocenters. The fourth-order valence-corrected chi connectivity index (χ4v) is 3.47. The number of hydrogen-bond donors (Lipinski definition) is 1. The summed E-state index contributed by atoms with van der Waals surface area (Å²) in [5, 5.41) is 5.23. The molecule has 28 heavy (non-hydrogen) atoms. The van der Waals surface area contributed by atoms with Crippen LogP contribution < -0.4 is 10.1 Å². The van der Waals surface area contributed by atoms with Crippen LogP contribution in [-0.4, -0.2) is 23.7 Å². The van der Waals surface area contributed by atoms with Crippen LogP contribution in [0.25, 0.3) is 0 Å². The van der Waals surface area contributed by atoms with Crippen LogP contribution in [0.2, 0.25) is 5.02 Å². The Morgan fingerprint density at radius 3 is 2.36 bits per heavy atom. The maximum absolute atomic E-state index is 12.7. The molecule has 0 fully saturated rings. The number of carbonyl (C=O) groups is 2. The lowest BCUT2D eigenvalue weighted by Crippen LogP contribution is -2.28. The molecule has 0 spiro atoms. The Kier molecular flexibility index (Phi) is 7.09. The van der Waals surface area contributed by atoms with E-state index in [0.29, 0.717) is 39.2 Å². The molecule has 0 saturated heterocycles. The number of Topliss-reactive ketones (excluding diaryl/α,β-unsaturated/α-hetero) is 1. The minimum absolute atomic E-state index is 0.160. The van der Waals surface area contributed by atoms with Crippen LogP contribution in [0, 0.1) is 0 Å². The van der Waals surface area contributed by atoms with Gasteiger partial charge in [0.05, 0.1) is 4.88 Å². The second-order valence-corrected chi connectivity index (χ2v) is 7.67. The molecule has 2 aromatic carbocycles. The van der Waals surface area contributed by atoms with Crippen molar-refractivity contribution in [3.05, 3.63) is 81.5 Å². The molecular weight excluding hydrogens is 417 g/mol. The minimum Gasteiger partial charge on any atom is -0.482 e. The number of halogens is 2. The Morgan fingerprint density at radius 1 is 1.04 bits per heavy atom. The Bertz CT molecular complexity index is 925. The number of ether oxygens (including phenoxy) is 1. The summed E-state index contributed by atoms with van der Waals surface area (Å²) in [5.41, 5.74) is 1.16. The fraction of sp³-hybridized carbons (Fsp3) is 0.143. The van der Waals surface area contributed by atoms with E-state index in [1.807, 2.05) is 11.4 Å². The van der Waals surface area contributed by atoms with E-state index < -0.39 is 6.10 Å². The van der Waals surface area contributed by atoms with Gasteiger partial charge in [-0.3, -0.25) is 9.59 Å². The van der Waals surface area contributed by atoms with Gasteiger partial charge < -0.3 is 10.1 Å². The van der Waals surface area contributed by atoms with Gasteiger partial charge in [0.15, 0.2) is 6.10 Å². The van der Waals surface area contributed by atoms with E-state index in [2.05, 4.69) is 5.32 Å². The number of hydrogen-bond acceptors (Lipinski definition) is 4. The molecule has 3 aromatic rings. The van der Waals surface area contributed by atoms with Gasteiger partial charge in [0.25, 0.3) is 5.91 Å². The maximum atomic E-state index is 12.7. The maximum Gasteiger partial charge on any atom is 0.265 e. The second kappa shape index (κ2) is 9.73. The van der Waals surface area contributed by atoms with Gasteiger partial charge in [-0.05, 0) is 60.0 Å². The van der Waals surface area contributed by atoms with E-state index in [1.165, 1.54) is 11.3 Å². The number of rotatable bonds is 8. The van der Waals surface area contributed by atoms with Crippen molar-refractivity contribution >= 4 is 51.9 Å². The molecule has 7 heteroatoms. The van der Waals surface area contributed by atoms with Crippen LogP contribution in [0.1, 0.15) is 26.5 Å². The van der Waals surface area contributed by atoms with E-state index in [9.17, 15) is 9.59 Å². The van der Waals surface area contributed by atoms with Crippen molar-refractivity contribution in [2.24, 2.45) is 0 Å². The number of carbonyl (C=O) groups excluding carboxylic acids is 2. The molecule has 1 N–H and O–H groups in total. The number of alkyl halides is 1. The van der Waals surface area contributed by atoms with Gasteiger partial charge in [0.2, 0.25) is 5.78 Å². The Balaban J connectivity index is 1.67. The first-order chi connectivity index (χ1) is 13.6. The zero-order valence-electron chi connectivity index (χ0n) is 14.7. The van der Waals surface area contributed by atoms with E-state index in [1.54, 1.807) is 54.6 Å². The monoisotopic (exact) mass is 433 g/mol. The zero-order valence-corrected chi connectivity index (χ0v) is 17.1. The van der Waals surface area contributed by atoms with Crippen molar-refractivity contribution in [1.82, 2.24) is 0 Å². The molecule has 0 aliphatic rings. The highest BCUT2D eigenvalue weighted by molar-refractivity contribution is 7.12. The summed E-state index contributed by atoms with van der Waals surface area (Å²) < 4.78 is 5.86. The Morgan fingerprint density at radius 2 is 1.75 bits per heavy atom. The molecule has 1 atom stereocenters. The third kappa shape index (κ3) is 5.35. The summed E-state index contributed by atoms with van der Waals surface area (Å²) in [7, 11) is 0. The van der Waals surface area contributed by atoms with Gasteiger partial charge in [-0.1, -0.05) is 17.7 Å². The van der Waals surface area contributed by atoms with Crippen LogP contribution >= 0.6 is 34.5 Å². The van der Waals surface area contributed by atoms with Crippen LogP contribution in [0.3, 0.4) is 0 Å². The molecule has 1 amide bonds. The van der Waals surface area contributed by atoms with Crippen LogP contribution in [0.4, 0.5) is 5.69 Å². The van der Waals surface area contributed by atoms with Gasteiger partial charge in [0, 0.05) is 28.6 Å². The van der Waals surface area contributed by atoms with Crippen LogP contribution in [0.5, 0.6) is 5.75 Å². The van der Waals surface area contributed by atoms with Crippen molar-refractivity contribution < 1.29 is 14.3 Å². The van der Waals surface area contributed by atoms with Gasteiger partial charge in [-0.2, -0.15) is 0 Å². The zero-order chi connectivity index (χ0) is 19.9. The van der Waals surface area contributed by atoms with Crippen molar-refractivity contribution in [2.45, 2.75) is 12.5 Å². The largest absolute Gasteiger partial charge is 0.482 e. The third-order valence-electron chi connectivity index (χ3n) is 3.93. The van der Waals surface area contributed by atoms with Crippen molar-refractivity contribution in [1.29, 1.82) is 0 Å². The normalized spacial score (nSPS) is 11.6. The average molecular weight is 434 g/mol. The molecule has 1 heterocycles. The lowest BCUT2D eigenvalue weighted by Gasteiger charge is -2.17. The fourth-order valence-electron chi connectivity index (χ4n) is 2.52. The summed E-state index contributed by atoms with van der Waals surface area (Å²) in [6, 6.07) is 17.1. The number of nitrogens with one attached hydrogen (secondary N) is 1. The molecular formula is C21H17Cl2NO3S. The predicted octanol–water partition coefficient (Wildman–Crippen LogP) is 5.91. The minimum atomic E-state index is -0.703. The molecule has 4 nitrogen and oxygen atoms in total. The lowest BCUT2D eigenvalue weighted by molar-refractivity contribution is 0.0788. The van der Waals surface area contributed by atoms with Gasteiger partial charge in [-0.25, -0.2) is 0 Å². The Hall–Kier alpha value is -2.34. The lowest BCUT2D eigenvalue weighted by atomic mass is 10.0. The number of anilines is 1. The topological polar surface area (TPSA) is 55.4 Å². The first-order valence-corrected chi connectivity index (χ1v) is 10.3. The van der Waals surface area contributed by atoms with Gasteiger partial charge >= 0.3 is 0 Å². The summed E-state index contributed by atoms with van der Waals surface area (Å²) in [6.45, 7) is 0. The van der Waals surface area contributed by atoms with Crippen molar-refractivity contribution in [2.75, 3.05) is 11.2 Å². The highest BCUT2D eigenvalue weighted by atomic mass is 35.5. The van der Waals surface area contributed by atoms with Crippen molar-refractivity contribution in [3.63, 3.8) is 0 Å². The quantitative estimate of drug-likeness (QED) is 0.354. The van der Waals surface area contributed by atoms with Gasteiger partial charge in [0.1, 0.15) is 5.75 Å². The molecule has 1 aromatic heterocycles. The van der Waals surface area contributed by atoms with Crippen molar-refractivity contribution in [3.8, 4) is 5.75 Å². The first kappa shape index (κ1) is 20.4. The number of ketones is 1. The van der Waals surface area contributed by atoms with Crippen LogP contribution in [0.15, 0.2) is 66.0 Å². The number of benzene rings is 2. The summed E-state index contributed by atoms with van der Waals surface area (Å²) in [6.07, 6.45) is -0.329. The third-order valence-corrected chi connectivity index (χ3v) is 5.27. The Labute approximate surface area is 177 Å². The van der Waals surface area contributed by atoms with E-state index in [4.69, 9.17) is 27.9 Å². The SMILES string of the molecule is O=C(Nc1ccc(OC(CCCl)C(=O)c2ccc(Cl)cc2)cc1)c1cccs1. The summed E-state index contributed by atoms with van der Waals surface area (Å²) >= 11 is 13.1. The molecule has 0 aliphatic heterocycles. The van der Waals surface area contributed by atoms with E-state index in [0.717, 1.165) is 0 Å². The number of amides is 1. The average Bonchev–Trinajstić information content (AvgIpc) is 3.24. The summed E-state index contributed by atoms with van der Waals surface area (Å²) in [5.74, 6) is 0.486. The second-order valence-electron chi connectivity index (χ2n) is 5.91. The number of thiophene rings is 1. The highest BCUT2D eigenvalue weighted by Gasteiger charge is 2.21. The smallest absolute Gasteiger partial charge is 0.265 e. The first-order valence-electron chi connectivity index (χ1n) is 8.54. The van der Waals surface area contributed by atoms with E-state index in [-0.39, 0.29) is 11.7 Å². The molecule has 3 rings (SSSR count). The van der Waals surface area contributed by atoms with Crippen LogP contribution in [-0.2, 0) is 0 Å².